The van der Waals surface area contributed by atoms with Gasteiger partial charge in [0.2, 0.25) is 5.91 Å². The molecule has 0 radical (unpaired) electrons. The van der Waals surface area contributed by atoms with Gasteiger partial charge in [-0.1, -0.05) is 0 Å². The monoisotopic (exact) mass is 306 g/mol. The van der Waals surface area contributed by atoms with E-state index in [1.165, 1.54) is 0 Å². The number of carbonyl (C=O) groups excluding carboxylic acids is 2. The lowest BCUT2D eigenvalue weighted by Crippen LogP contribution is -2.47. The van der Waals surface area contributed by atoms with Crippen molar-refractivity contribution in [1.82, 2.24) is 14.7 Å². The second-order valence-corrected chi connectivity index (χ2v) is 7.02. The molecule has 1 spiro atoms. The number of amidine groups is 1. The maximum Gasteiger partial charge on any atom is 0.256 e. The largest absolute Gasteiger partial charge is 0.348 e. The van der Waals surface area contributed by atoms with E-state index in [0.717, 1.165) is 31.8 Å². The van der Waals surface area contributed by atoms with Gasteiger partial charge < -0.3 is 4.90 Å². The van der Waals surface area contributed by atoms with Gasteiger partial charge in [-0.15, -0.1) is 0 Å². The van der Waals surface area contributed by atoms with Crippen molar-refractivity contribution < 1.29 is 9.59 Å². The topological polar surface area (TPSA) is 56.2 Å². The molecule has 0 bridgehead atoms. The first kappa shape index (κ1) is 15.5. The maximum atomic E-state index is 12.9. The summed E-state index contributed by atoms with van der Waals surface area (Å²) in [5, 5.41) is 0. The summed E-state index contributed by atoms with van der Waals surface area (Å²) in [7, 11) is 3.57. The lowest BCUT2D eigenvalue weighted by Gasteiger charge is -2.28. The Balaban J connectivity index is 1.76. The molecule has 0 aromatic carbocycles. The minimum atomic E-state index is -0.541. The van der Waals surface area contributed by atoms with Gasteiger partial charge in [0, 0.05) is 39.6 Å². The molecule has 122 valence electrons. The summed E-state index contributed by atoms with van der Waals surface area (Å²) in [5.41, 5.74) is -0.541. The Hall–Kier alpha value is -1.43. The van der Waals surface area contributed by atoms with E-state index in [1.807, 2.05) is 18.7 Å². The second-order valence-electron chi connectivity index (χ2n) is 7.02. The number of likely N-dealkylation sites (N-methyl/N-ethyl adjacent to an activating group) is 2. The van der Waals surface area contributed by atoms with Crippen LogP contribution in [0.3, 0.4) is 0 Å². The van der Waals surface area contributed by atoms with Gasteiger partial charge in [0.25, 0.3) is 5.91 Å². The van der Waals surface area contributed by atoms with Crippen LogP contribution in [0.2, 0.25) is 0 Å². The van der Waals surface area contributed by atoms with Gasteiger partial charge in [0.1, 0.15) is 11.4 Å². The van der Waals surface area contributed by atoms with Crippen molar-refractivity contribution in [1.29, 1.82) is 0 Å². The number of carbonyl (C=O) groups is 2. The predicted octanol–water partition coefficient (Wildman–Crippen LogP) is 0.436. The van der Waals surface area contributed by atoms with Crippen molar-refractivity contribution in [2.75, 3.05) is 40.3 Å². The number of rotatable bonds is 3. The molecule has 22 heavy (non-hydrogen) atoms. The highest BCUT2D eigenvalue weighted by Gasteiger charge is 2.60. The molecule has 3 rings (SSSR count). The first-order valence-corrected chi connectivity index (χ1v) is 8.20. The normalized spacial score (nSPS) is 34.5. The minimum Gasteiger partial charge on any atom is -0.348 e. The van der Waals surface area contributed by atoms with Crippen molar-refractivity contribution >= 4 is 17.6 Å². The van der Waals surface area contributed by atoms with Gasteiger partial charge in [-0.05, 0) is 32.6 Å². The van der Waals surface area contributed by atoms with Gasteiger partial charge in [0.05, 0.1) is 6.54 Å². The van der Waals surface area contributed by atoms with E-state index in [4.69, 9.17) is 4.99 Å². The van der Waals surface area contributed by atoms with Crippen LogP contribution < -0.4 is 0 Å². The van der Waals surface area contributed by atoms with Gasteiger partial charge in [-0.3, -0.25) is 24.4 Å². The summed E-state index contributed by atoms with van der Waals surface area (Å²) in [5.74, 6) is 1.92. The lowest BCUT2D eigenvalue weighted by molar-refractivity contribution is -0.132. The van der Waals surface area contributed by atoms with Crippen LogP contribution in [-0.4, -0.2) is 78.2 Å². The molecule has 2 heterocycles. The Labute approximate surface area is 132 Å². The fraction of sp³-hybridized carbons (Fsp3) is 0.812. The second kappa shape index (κ2) is 5.33. The number of aliphatic imine (C=N–C) groups is 1. The fourth-order valence-electron chi connectivity index (χ4n) is 4.40. The first-order valence-electron chi connectivity index (χ1n) is 8.20. The molecule has 3 atom stereocenters. The highest BCUT2D eigenvalue weighted by Crippen LogP contribution is 2.50. The average Bonchev–Trinajstić information content (AvgIpc) is 3.06. The van der Waals surface area contributed by atoms with Gasteiger partial charge in [-0.25, -0.2) is 0 Å². The van der Waals surface area contributed by atoms with Gasteiger partial charge in [-0.2, -0.15) is 0 Å². The van der Waals surface area contributed by atoms with E-state index in [-0.39, 0.29) is 17.7 Å². The lowest BCUT2D eigenvalue weighted by atomic mass is 9.85. The minimum absolute atomic E-state index is 0.127. The zero-order valence-corrected chi connectivity index (χ0v) is 14.0. The molecule has 1 aliphatic carbocycles. The molecular formula is C16H26N4O2. The number of amides is 2. The fourth-order valence-corrected chi connectivity index (χ4v) is 4.40. The summed E-state index contributed by atoms with van der Waals surface area (Å²) in [6.45, 7) is 6.80. The third kappa shape index (κ3) is 2.16. The number of hydrogen-bond donors (Lipinski definition) is 0. The Kier molecular flexibility index (Phi) is 3.75. The number of likely N-dealkylation sites (tertiary alicyclic amines) is 1. The number of fused-ring (bicyclic) bond motifs is 2. The van der Waals surface area contributed by atoms with E-state index in [2.05, 4.69) is 4.90 Å². The number of hydrogen-bond acceptors (Lipinski definition) is 4. The third-order valence-electron chi connectivity index (χ3n) is 5.57. The summed E-state index contributed by atoms with van der Waals surface area (Å²) in [6, 6.07) is 0. The van der Waals surface area contributed by atoms with E-state index in [0.29, 0.717) is 19.0 Å². The van der Waals surface area contributed by atoms with Crippen LogP contribution >= 0.6 is 0 Å². The summed E-state index contributed by atoms with van der Waals surface area (Å²) in [4.78, 5) is 35.3. The van der Waals surface area contributed by atoms with E-state index in [9.17, 15) is 9.59 Å². The Bertz CT molecular complexity index is 530. The highest BCUT2D eigenvalue weighted by atomic mass is 16.2. The summed E-state index contributed by atoms with van der Waals surface area (Å²) >= 11 is 0. The Morgan fingerprint density at radius 2 is 2.14 bits per heavy atom. The zero-order valence-electron chi connectivity index (χ0n) is 14.0. The van der Waals surface area contributed by atoms with Gasteiger partial charge in [0.15, 0.2) is 0 Å². The zero-order chi connectivity index (χ0) is 16.1. The van der Waals surface area contributed by atoms with Crippen LogP contribution in [0.5, 0.6) is 0 Å². The smallest absolute Gasteiger partial charge is 0.256 e. The number of nitrogens with zero attached hydrogens (tertiary/aromatic N) is 4. The van der Waals surface area contributed by atoms with Crippen LogP contribution in [0, 0.1) is 11.8 Å². The van der Waals surface area contributed by atoms with Crippen LogP contribution in [0.25, 0.3) is 0 Å². The molecule has 0 aromatic heterocycles. The van der Waals surface area contributed by atoms with Crippen LogP contribution in [-0.2, 0) is 9.59 Å². The predicted molar refractivity (Wildman–Crippen MR) is 84.6 cm³/mol. The maximum absolute atomic E-state index is 12.9. The van der Waals surface area contributed by atoms with Crippen LogP contribution in [0.1, 0.15) is 26.7 Å². The third-order valence-corrected chi connectivity index (χ3v) is 5.57. The molecular weight excluding hydrogens is 280 g/mol. The molecule has 1 saturated carbocycles. The molecule has 6 nitrogen and oxygen atoms in total. The molecule has 2 aliphatic heterocycles. The molecule has 3 aliphatic rings. The van der Waals surface area contributed by atoms with Crippen LogP contribution in [0.15, 0.2) is 4.99 Å². The van der Waals surface area contributed by atoms with Crippen LogP contribution in [0.4, 0.5) is 0 Å². The van der Waals surface area contributed by atoms with Crippen molar-refractivity contribution in [3.8, 4) is 0 Å². The highest BCUT2D eigenvalue weighted by molar-refractivity contribution is 6.07. The van der Waals surface area contributed by atoms with Crippen molar-refractivity contribution in [3.63, 3.8) is 0 Å². The summed E-state index contributed by atoms with van der Waals surface area (Å²) in [6.07, 6.45) is 1.90. The molecule has 1 saturated heterocycles. The van der Waals surface area contributed by atoms with Gasteiger partial charge >= 0.3 is 0 Å². The quantitative estimate of drug-likeness (QED) is 0.760. The Morgan fingerprint density at radius 1 is 1.41 bits per heavy atom. The van der Waals surface area contributed by atoms with E-state index in [1.54, 1.807) is 19.0 Å². The summed E-state index contributed by atoms with van der Waals surface area (Å²) < 4.78 is 0. The standard InChI is InChI=1S/C16H26N4O2/c1-5-20-11(2)17-16(15(20)22)7-6-12-8-19(9-13(12)16)10-14(21)18(3)4/h12-13H,5-10H2,1-4H3/t12-,13+,16-/m1/s1. The Morgan fingerprint density at radius 3 is 2.73 bits per heavy atom. The van der Waals surface area contributed by atoms with E-state index < -0.39 is 5.54 Å². The van der Waals surface area contributed by atoms with Crippen molar-refractivity contribution in [2.45, 2.75) is 32.2 Å². The molecule has 0 unspecified atom stereocenters. The van der Waals surface area contributed by atoms with E-state index >= 15 is 0 Å². The first-order chi connectivity index (χ1) is 10.4. The van der Waals surface area contributed by atoms with Crippen molar-refractivity contribution in [3.05, 3.63) is 0 Å². The molecule has 2 fully saturated rings. The molecule has 0 aromatic rings. The SMILES string of the molecule is CCN1C(=O)[C@]2(CC[C@@H]3CN(CC(=O)N(C)C)C[C@@H]32)N=C1C. The van der Waals surface area contributed by atoms with Crippen molar-refractivity contribution in [2.24, 2.45) is 16.8 Å². The molecule has 2 amide bonds. The molecule has 0 N–H and O–H groups in total. The average molecular weight is 306 g/mol. The molecule has 6 heteroatoms.